The highest BCUT2D eigenvalue weighted by Gasteiger charge is 2.09. The van der Waals surface area contributed by atoms with E-state index in [4.69, 9.17) is 0 Å². The van der Waals surface area contributed by atoms with Gasteiger partial charge >= 0.3 is 0 Å². The molecule has 0 bridgehead atoms. The highest BCUT2D eigenvalue weighted by molar-refractivity contribution is 9.10. The fourth-order valence-electron chi connectivity index (χ4n) is 2.51. The maximum atomic E-state index is 4.53. The number of rotatable bonds is 3. The van der Waals surface area contributed by atoms with Gasteiger partial charge in [-0.15, -0.1) is 16.4 Å². The molecule has 2 aromatic carbocycles. The van der Waals surface area contributed by atoms with E-state index in [2.05, 4.69) is 48.7 Å². The average Bonchev–Trinajstić information content (AvgIpc) is 3.25. The van der Waals surface area contributed by atoms with Crippen LogP contribution in [0.5, 0.6) is 0 Å². The van der Waals surface area contributed by atoms with Crippen LogP contribution in [0.4, 0.5) is 0 Å². The Morgan fingerprint density at radius 2 is 1.67 bits per heavy atom. The molecule has 24 heavy (non-hydrogen) atoms. The molecule has 4 aromatic rings. The van der Waals surface area contributed by atoms with E-state index in [0.717, 1.165) is 37.7 Å². The second kappa shape index (κ2) is 6.30. The van der Waals surface area contributed by atoms with Gasteiger partial charge in [-0.25, -0.2) is 9.67 Å². The molecule has 0 amide bonds. The van der Waals surface area contributed by atoms with Crippen molar-refractivity contribution in [1.29, 1.82) is 0 Å². The molecule has 6 heteroatoms. The lowest BCUT2D eigenvalue weighted by Crippen LogP contribution is -1.99. The van der Waals surface area contributed by atoms with Crippen molar-refractivity contribution in [3.8, 4) is 28.2 Å². The van der Waals surface area contributed by atoms with Crippen molar-refractivity contribution in [3.05, 3.63) is 69.6 Å². The zero-order valence-corrected chi connectivity index (χ0v) is 15.3. The molecule has 4 nitrogen and oxygen atoms in total. The van der Waals surface area contributed by atoms with Gasteiger partial charge in [0.25, 0.3) is 0 Å². The third kappa shape index (κ3) is 2.90. The van der Waals surface area contributed by atoms with Gasteiger partial charge in [0.2, 0.25) is 0 Å². The van der Waals surface area contributed by atoms with Crippen molar-refractivity contribution in [1.82, 2.24) is 20.0 Å². The summed E-state index contributed by atoms with van der Waals surface area (Å²) in [7, 11) is 0. The molecule has 0 saturated carbocycles. The lowest BCUT2D eigenvalue weighted by atomic mass is 10.1. The predicted molar refractivity (Wildman–Crippen MR) is 100 cm³/mol. The van der Waals surface area contributed by atoms with Crippen molar-refractivity contribution in [2.24, 2.45) is 0 Å². The van der Waals surface area contributed by atoms with Crippen LogP contribution in [0.1, 0.15) is 5.01 Å². The summed E-state index contributed by atoms with van der Waals surface area (Å²) in [6, 6.07) is 16.3. The summed E-state index contributed by atoms with van der Waals surface area (Å²) in [6.45, 7) is 2.02. The third-order valence-corrected chi connectivity index (χ3v) is 5.02. The van der Waals surface area contributed by atoms with Crippen LogP contribution in [-0.2, 0) is 0 Å². The highest BCUT2D eigenvalue weighted by Crippen LogP contribution is 2.26. The van der Waals surface area contributed by atoms with Crippen molar-refractivity contribution < 1.29 is 0 Å². The number of thiazole rings is 1. The quantitative estimate of drug-likeness (QED) is 0.482. The zero-order valence-electron chi connectivity index (χ0n) is 12.8. The van der Waals surface area contributed by atoms with Crippen LogP contribution in [0, 0.1) is 6.92 Å². The van der Waals surface area contributed by atoms with Crippen LogP contribution in [0.25, 0.3) is 28.2 Å². The summed E-state index contributed by atoms with van der Waals surface area (Å²) in [5, 5.41) is 11.5. The van der Waals surface area contributed by atoms with Crippen LogP contribution in [0.15, 0.2) is 64.6 Å². The molecule has 0 spiro atoms. The lowest BCUT2D eigenvalue weighted by molar-refractivity contribution is 0.808. The first-order chi connectivity index (χ1) is 11.7. The smallest absolute Gasteiger partial charge is 0.0944 e. The van der Waals surface area contributed by atoms with Crippen LogP contribution in [0.2, 0.25) is 0 Å². The number of halogens is 1. The van der Waals surface area contributed by atoms with Crippen molar-refractivity contribution in [2.45, 2.75) is 6.92 Å². The molecule has 118 valence electrons. The second-order valence-electron chi connectivity index (χ2n) is 5.34. The number of benzene rings is 2. The Bertz CT molecular complexity index is 971. The monoisotopic (exact) mass is 396 g/mol. The van der Waals surface area contributed by atoms with Gasteiger partial charge in [-0.2, -0.15) is 0 Å². The first-order valence-electron chi connectivity index (χ1n) is 7.40. The minimum Gasteiger partial charge on any atom is -0.242 e. The van der Waals surface area contributed by atoms with E-state index in [-0.39, 0.29) is 0 Å². The van der Waals surface area contributed by atoms with Crippen LogP contribution in [-0.4, -0.2) is 20.0 Å². The topological polar surface area (TPSA) is 43.6 Å². The molecule has 0 fully saturated rings. The highest BCUT2D eigenvalue weighted by atomic mass is 79.9. The number of hydrogen-bond donors (Lipinski definition) is 0. The first-order valence-corrected chi connectivity index (χ1v) is 9.07. The maximum Gasteiger partial charge on any atom is 0.0944 e. The van der Waals surface area contributed by atoms with E-state index >= 15 is 0 Å². The Morgan fingerprint density at radius 3 is 2.33 bits per heavy atom. The predicted octanol–water partition coefficient (Wildman–Crippen LogP) is 5.13. The van der Waals surface area contributed by atoms with Crippen molar-refractivity contribution in [2.75, 3.05) is 0 Å². The standard InChI is InChI=1S/C18H13BrN4S/c1-12-21-17(11-24-12)13-4-8-16(9-5-13)23-18(10-20-22-23)14-2-6-15(19)7-3-14/h2-11H,1H3. The van der Waals surface area contributed by atoms with Crippen molar-refractivity contribution in [3.63, 3.8) is 0 Å². The summed E-state index contributed by atoms with van der Waals surface area (Å²) in [5.41, 5.74) is 5.12. The van der Waals surface area contributed by atoms with Gasteiger partial charge in [-0.1, -0.05) is 45.4 Å². The Balaban J connectivity index is 1.70. The third-order valence-electron chi connectivity index (χ3n) is 3.72. The number of aryl methyl sites for hydroxylation is 1. The van der Waals surface area contributed by atoms with Gasteiger partial charge in [-0.3, -0.25) is 0 Å². The van der Waals surface area contributed by atoms with Crippen LogP contribution < -0.4 is 0 Å². The molecule has 0 N–H and O–H groups in total. The summed E-state index contributed by atoms with van der Waals surface area (Å²) >= 11 is 5.12. The summed E-state index contributed by atoms with van der Waals surface area (Å²) in [5.74, 6) is 0. The minimum absolute atomic E-state index is 0.958. The Hall–Kier alpha value is -2.31. The number of aromatic nitrogens is 4. The van der Waals surface area contributed by atoms with E-state index in [1.54, 1.807) is 17.5 Å². The molecule has 2 heterocycles. The van der Waals surface area contributed by atoms with E-state index in [1.165, 1.54) is 0 Å². The normalized spacial score (nSPS) is 10.9. The van der Waals surface area contributed by atoms with E-state index in [0.29, 0.717) is 0 Å². The van der Waals surface area contributed by atoms with Crippen LogP contribution >= 0.6 is 27.3 Å². The molecule has 4 rings (SSSR count). The average molecular weight is 397 g/mol. The van der Waals surface area contributed by atoms with E-state index in [9.17, 15) is 0 Å². The summed E-state index contributed by atoms with van der Waals surface area (Å²) in [4.78, 5) is 4.53. The fraction of sp³-hybridized carbons (Fsp3) is 0.0556. The molecule has 0 aliphatic rings. The largest absolute Gasteiger partial charge is 0.242 e. The Kier molecular flexibility index (Phi) is 4.00. The van der Waals surface area contributed by atoms with E-state index < -0.39 is 0 Å². The molecular formula is C18H13BrN4S. The number of hydrogen-bond acceptors (Lipinski definition) is 4. The summed E-state index contributed by atoms with van der Waals surface area (Å²) < 4.78 is 2.90. The second-order valence-corrected chi connectivity index (χ2v) is 7.31. The van der Waals surface area contributed by atoms with Gasteiger partial charge in [0, 0.05) is 21.0 Å². The summed E-state index contributed by atoms with van der Waals surface area (Å²) in [6.07, 6.45) is 1.78. The molecule has 2 aromatic heterocycles. The van der Waals surface area contributed by atoms with Gasteiger partial charge in [0.1, 0.15) is 0 Å². The van der Waals surface area contributed by atoms with Crippen LogP contribution in [0.3, 0.4) is 0 Å². The molecular weight excluding hydrogens is 384 g/mol. The lowest BCUT2D eigenvalue weighted by Gasteiger charge is -2.07. The molecule has 0 atom stereocenters. The molecule has 0 saturated heterocycles. The fourth-order valence-corrected chi connectivity index (χ4v) is 3.40. The SMILES string of the molecule is Cc1nc(-c2ccc(-n3nncc3-c3ccc(Br)cc3)cc2)cs1. The van der Waals surface area contributed by atoms with Crippen molar-refractivity contribution >= 4 is 27.3 Å². The van der Waals surface area contributed by atoms with Gasteiger partial charge in [0.15, 0.2) is 0 Å². The van der Waals surface area contributed by atoms with Gasteiger partial charge in [-0.05, 0) is 31.2 Å². The molecule has 0 radical (unpaired) electrons. The molecule has 0 aliphatic carbocycles. The number of nitrogens with zero attached hydrogens (tertiary/aromatic N) is 4. The Labute approximate surface area is 151 Å². The molecule has 0 aliphatic heterocycles. The molecule has 0 unspecified atom stereocenters. The zero-order chi connectivity index (χ0) is 16.5. The van der Waals surface area contributed by atoms with Gasteiger partial charge < -0.3 is 0 Å². The first kappa shape index (κ1) is 15.2. The van der Waals surface area contributed by atoms with E-state index in [1.807, 2.05) is 48.0 Å². The Morgan fingerprint density at radius 1 is 0.958 bits per heavy atom. The van der Waals surface area contributed by atoms with Gasteiger partial charge in [0.05, 0.1) is 28.3 Å². The minimum atomic E-state index is 0.958. The maximum absolute atomic E-state index is 4.53.